The second-order valence-electron chi connectivity index (χ2n) is 6.81. The van der Waals surface area contributed by atoms with Crippen molar-refractivity contribution in [2.45, 2.75) is 19.9 Å². The Bertz CT molecular complexity index is 1030. The zero-order valence-corrected chi connectivity index (χ0v) is 19.5. The summed E-state index contributed by atoms with van der Waals surface area (Å²) in [6, 6.07) is 5.05. The predicted molar refractivity (Wildman–Crippen MR) is 122 cm³/mol. The minimum Gasteiger partial charge on any atom is -0.354 e. The van der Waals surface area contributed by atoms with Gasteiger partial charge >= 0.3 is 0 Å². The largest absolute Gasteiger partial charge is 0.354 e. The second kappa shape index (κ2) is 11.7. The molecule has 1 atom stereocenters. The lowest BCUT2D eigenvalue weighted by atomic mass is 10.0. The predicted octanol–water partition coefficient (Wildman–Crippen LogP) is 2.29. The average molecular weight is 479 g/mol. The Labute approximate surface area is 196 Å². The number of nitrogens with one attached hydrogen (secondary N) is 2. The maximum atomic E-state index is 12.0. The molecule has 0 bridgehead atoms. The van der Waals surface area contributed by atoms with E-state index < -0.39 is 5.24 Å². The van der Waals surface area contributed by atoms with Gasteiger partial charge in [0.1, 0.15) is 16.7 Å². The van der Waals surface area contributed by atoms with Gasteiger partial charge in [-0.25, -0.2) is 15.0 Å². The van der Waals surface area contributed by atoms with E-state index in [1.165, 1.54) is 0 Å². The first-order valence-corrected chi connectivity index (χ1v) is 10.5. The summed E-state index contributed by atoms with van der Waals surface area (Å²) in [5, 5.41) is 5.64. The van der Waals surface area contributed by atoms with Crippen LogP contribution in [0.5, 0.6) is 0 Å². The van der Waals surface area contributed by atoms with Crippen LogP contribution in [0.4, 0.5) is 0 Å². The van der Waals surface area contributed by atoms with E-state index in [9.17, 15) is 14.4 Å². The molecule has 2 N–H and O–H groups in total. The minimum atomic E-state index is -0.509. The number of aryl methyl sites for hydroxylation is 1. The van der Waals surface area contributed by atoms with Crippen molar-refractivity contribution in [3.63, 3.8) is 0 Å². The first kappa shape index (κ1) is 25.4. The molecule has 1 fully saturated rings. The van der Waals surface area contributed by atoms with Gasteiger partial charge in [0, 0.05) is 33.6 Å². The average Bonchev–Trinajstić information content (AvgIpc) is 2.78. The number of amides is 2. The summed E-state index contributed by atoms with van der Waals surface area (Å²) in [6.45, 7) is 8.36. The molecular weight excluding hydrogens is 455 g/mol. The van der Waals surface area contributed by atoms with Gasteiger partial charge in [0.05, 0.1) is 17.4 Å². The van der Waals surface area contributed by atoms with Crippen molar-refractivity contribution in [1.82, 2.24) is 30.5 Å². The number of allylic oxidation sites excluding steroid dienone is 1. The summed E-state index contributed by atoms with van der Waals surface area (Å²) in [7, 11) is 1.54. The van der Waals surface area contributed by atoms with E-state index >= 15 is 0 Å². The lowest BCUT2D eigenvalue weighted by molar-refractivity contribution is -0.132. The summed E-state index contributed by atoms with van der Waals surface area (Å²) in [5.74, 6) is 0.165. The number of aromatic nitrogens is 3. The highest BCUT2D eigenvalue weighted by atomic mass is 35.5. The molecule has 11 heteroatoms. The maximum Gasteiger partial charge on any atom is 0.269 e. The number of hydrogen-bond donors (Lipinski definition) is 2. The Kier molecular flexibility index (Phi) is 9.25. The monoisotopic (exact) mass is 478 g/mol. The quantitative estimate of drug-likeness (QED) is 0.393. The van der Waals surface area contributed by atoms with E-state index in [1.807, 2.05) is 11.0 Å². The molecule has 9 nitrogen and oxygen atoms in total. The van der Waals surface area contributed by atoms with Gasteiger partial charge < -0.3 is 15.5 Å². The van der Waals surface area contributed by atoms with Crippen molar-refractivity contribution in [2.24, 2.45) is 0 Å². The van der Waals surface area contributed by atoms with Gasteiger partial charge in [-0.3, -0.25) is 14.4 Å². The minimum absolute atomic E-state index is 0.00997. The van der Waals surface area contributed by atoms with Gasteiger partial charge in [0.2, 0.25) is 11.1 Å². The van der Waals surface area contributed by atoms with Crippen LogP contribution in [-0.4, -0.2) is 63.6 Å². The van der Waals surface area contributed by atoms with Gasteiger partial charge in [0.25, 0.3) is 5.91 Å². The molecule has 1 saturated heterocycles. The number of carbonyl (C=O) groups excluding carboxylic acids is 3. The van der Waals surface area contributed by atoms with Crippen LogP contribution < -0.4 is 10.6 Å². The molecule has 0 aromatic carbocycles. The van der Waals surface area contributed by atoms with Gasteiger partial charge in [-0.15, -0.1) is 0 Å². The summed E-state index contributed by atoms with van der Waals surface area (Å²) in [4.78, 5) is 48.1. The Morgan fingerprint density at radius 1 is 1.22 bits per heavy atom. The van der Waals surface area contributed by atoms with Crippen LogP contribution >= 0.6 is 23.2 Å². The van der Waals surface area contributed by atoms with Crippen molar-refractivity contribution >= 4 is 40.3 Å². The van der Waals surface area contributed by atoms with Crippen molar-refractivity contribution in [2.75, 3.05) is 26.7 Å². The number of pyridine rings is 1. The van der Waals surface area contributed by atoms with Crippen LogP contribution in [-0.2, 0) is 9.59 Å². The zero-order valence-electron chi connectivity index (χ0n) is 18.0. The van der Waals surface area contributed by atoms with E-state index in [4.69, 9.17) is 23.2 Å². The van der Waals surface area contributed by atoms with Crippen molar-refractivity contribution in [3.8, 4) is 11.4 Å². The Balaban J connectivity index is 0.000000654. The molecule has 3 heterocycles. The Morgan fingerprint density at radius 2 is 1.88 bits per heavy atom. The van der Waals surface area contributed by atoms with Gasteiger partial charge in [0.15, 0.2) is 0 Å². The summed E-state index contributed by atoms with van der Waals surface area (Å²) in [6.07, 6.45) is 1.04. The number of hydrogen-bond acceptors (Lipinski definition) is 7. The zero-order chi connectivity index (χ0) is 23.8. The third-order valence-electron chi connectivity index (χ3n) is 4.57. The number of halogens is 2. The molecule has 2 aromatic heterocycles. The lowest BCUT2D eigenvalue weighted by Gasteiger charge is -2.36. The van der Waals surface area contributed by atoms with E-state index in [-0.39, 0.29) is 23.6 Å². The highest BCUT2D eigenvalue weighted by molar-refractivity contribution is 6.66. The molecular formula is C21H24Cl2N6O3. The number of rotatable bonds is 4. The first-order valence-electron chi connectivity index (χ1n) is 9.71. The van der Waals surface area contributed by atoms with Crippen LogP contribution in [0.3, 0.4) is 0 Å². The Morgan fingerprint density at radius 3 is 2.47 bits per heavy atom. The fraction of sp³-hybridized carbons (Fsp3) is 0.333. The fourth-order valence-corrected chi connectivity index (χ4v) is 3.38. The van der Waals surface area contributed by atoms with Crippen LogP contribution in [0.15, 0.2) is 30.9 Å². The third-order valence-corrected chi connectivity index (χ3v) is 4.92. The van der Waals surface area contributed by atoms with Crippen LogP contribution in [0.25, 0.3) is 11.4 Å². The third kappa shape index (κ3) is 6.81. The highest BCUT2D eigenvalue weighted by Crippen LogP contribution is 2.28. The van der Waals surface area contributed by atoms with Crippen LogP contribution in [0.1, 0.15) is 34.8 Å². The topological polar surface area (TPSA) is 117 Å². The van der Waals surface area contributed by atoms with E-state index in [2.05, 4.69) is 32.2 Å². The van der Waals surface area contributed by atoms with Gasteiger partial charge in [-0.05, 0) is 48.4 Å². The molecule has 2 amide bonds. The number of piperazine rings is 1. The molecule has 0 aliphatic carbocycles. The molecule has 2 aromatic rings. The highest BCUT2D eigenvalue weighted by Gasteiger charge is 2.26. The SMILES string of the molecule is C=CC(=O)Cl.CNC(=O)c1cc(-c2cc(C3CNCCN3C(C)=O)cc(Cl)n2)nc(C)n1. The summed E-state index contributed by atoms with van der Waals surface area (Å²) >= 11 is 11.0. The van der Waals surface area contributed by atoms with Crippen LogP contribution in [0, 0.1) is 6.92 Å². The molecule has 0 spiro atoms. The number of carbonyl (C=O) groups is 3. The standard InChI is InChI=1S/C18H21ClN6O2.C3H3ClO/c1-10-22-14(8-15(23-10)18(27)20-3)13-6-12(7-17(19)24-13)16-9-21-4-5-25(16)11(2)26;1-2-3(4)5/h6-8,16,21H,4-5,9H2,1-3H3,(H,20,27);2H,1H2. The number of nitrogens with zero attached hydrogens (tertiary/aromatic N) is 4. The maximum absolute atomic E-state index is 12.0. The Hall–Kier alpha value is -2.88. The van der Waals surface area contributed by atoms with Crippen molar-refractivity contribution in [1.29, 1.82) is 0 Å². The van der Waals surface area contributed by atoms with Gasteiger partial charge in [-0.1, -0.05) is 18.2 Å². The van der Waals surface area contributed by atoms with E-state index in [0.717, 1.165) is 18.2 Å². The van der Waals surface area contributed by atoms with Crippen molar-refractivity contribution in [3.05, 3.63) is 53.1 Å². The lowest BCUT2D eigenvalue weighted by Crippen LogP contribution is -2.47. The molecule has 0 saturated carbocycles. The smallest absolute Gasteiger partial charge is 0.269 e. The van der Waals surface area contributed by atoms with E-state index in [1.54, 1.807) is 33.0 Å². The first-order chi connectivity index (χ1) is 15.2. The molecule has 0 radical (unpaired) electrons. The normalized spacial score (nSPS) is 15.3. The summed E-state index contributed by atoms with van der Waals surface area (Å²) in [5.41, 5.74) is 2.16. The molecule has 170 valence electrons. The molecule has 1 unspecified atom stereocenters. The molecule has 1 aliphatic rings. The van der Waals surface area contributed by atoms with E-state index in [0.29, 0.717) is 35.5 Å². The fourth-order valence-electron chi connectivity index (χ4n) is 3.16. The molecule has 32 heavy (non-hydrogen) atoms. The van der Waals surface area contributed by atoms with Crippen molar-refractivity contribution < 1.29 is 14.4 Å². The molecule has 3 rings (SSSR count). The van der Waals surface area contributed by atoms with Crippen LogP contribution in [0.2, 0.25) is 5.15 Å². The molecule has 1 aliphatic heterocycles. The summed E-state index contributed by atoms with van der Waals surface area (Å²) < 4.78 is 0. The van der Waals surface area contributed by atoms with Gasteiger partial charge in [-0.2, -0.15) is 0 Å². The second-order valence-corrected chi connectivity index (χ2v) is 7.57.